The lowest BCUT2D eigenvalue weighted by Gasteiger charge is -2.08. The number of rotatable bonds is 67. The first-order chi connectivity index (χ1) is 37.4. The highest BCUT2D eigenvalue weighted by atomic mass is 16.5. The molecule has 0 aromatic heterocycles. The molecule has 0 saturated heterocycles. The predicted molar refractivity (Wildman–Crippen MR) is 301 cm³/mol. The van der Waals surface area contributed by atoms with E-state index in [0.717, 1.165) is 312 Å². The third-order valence-corrected chi connectivity index (χ3v) is 11.6. The smallest absolute Gasteiger partial charge is 0.333 e. The molecule has 0 aliphatic rings. The molecule has 0 aromatic rings. The lowest BCUT2D eigenvalue weighted by molar-refractivity contribution is -0.140. The maximum atomic E-state index is 11.3. The summed E-state index contributed by atoms with van der Waals surface area (Å²) in [6.07, 6.45) is 25.9. The van der Waals surface area contributed by atoms with Gasteiger partial charge >= 0.3 is 11.9 Å². The van der Waals surface area contributed by atoms with Crippen LogP contribution in [0.2, 0.25) is 0 Å². The van der Waals surface area contributed by atoms with E-state index in [9.17, 15) is 9.59 Å². The van der Waals surface area contributed by atoms with Gasteiger partial charge in [0.15, 0.2) is 0 Å². The summed E-state index contributed by atoms with van der Waals surface area (Å²) >= 11 is 0. The Balaban J connectivity index is 3.10. The highest BCUT2D eigenvalue weighted by molar-refractivity contribution is 5.87. The van der Waals surface area contributed by atoms with Crippen molar-refractivity contribution in [2.24, 2.45) is 0 Å². The first-order valence-corrected chi connectivity index (χ1v) is 30.0. The molecule has 450 valence electrons. The highest BCUT2D eigenvalue weighted by Gasteiger charge is 2.04. The van der Waals surface area contributed by atoms with Crippen molar-refractivity contribution in [2.45, 2.75) is 181 Å². The highest BCUT2D eigenvalue weighted by Crippen LogP contribution is 2.05. The normalized spacial score (nSPS) is 11.4. The Labute approximate surface area is 463 Å². The average molecular weight is 1090 g/mol. The lowest BCUT2D eigenvalue weighted by atomic mass is 10.3. The van der Waals surface area contributed by atoms with Crippen molar-refractivity contribution in [1.29, 1.82) is 0 Å². The standard InChI is InChI=1S/C60H114O16/c1-57(2)59(61)75-55-29-27-53-73-51-25-23-49-71-47-21-19-45-69-43-17-15-41-67-39-13-11-37-65-35-9-7-33-63-31-5-6-32-64-34-8-10-36-66-38-12-14-40-68-42-16-18-44-70-46-20-22-48-72-50-24-26-52-74-54-28-30-56-76-60(62)58(3)4/h1,3,5-56H2,2,4H3. The molecule has 0 atom stereocenters. The average Bonchev–Trinajstić information content (AvgIpc) is 3.41. The summed E-state index contributed by atoms with van der Waals surface area (Å²) < 4.78 is 79.0. The van der Waals surface area contributed by atoms with Crippen LogP contribution in [0.5, 0.6) is 0 Å². The molecule has 0 aliphatic carbocycles. The first kappa shape index (κ1) is 73.9. The Kier molecular flexibility index (Phi) is 63.7. The molecule has 0 fully saturated rings. The Hall–Kier alpha value is -2.06. The van der Waals surface area contributed by atoms with Gasteiger partial charge in [0.05, 0.1) is 13.2 Å². The van der Waals surface area contributed by atoms with Crippen LogP contribution in [0.25, 0.3) is 0 Å². The van der Waals surface area contributed by atoms with Gasteiger partial charge in [-0.3, -0.25) is 0 Å². The van der Waals surface area contributed by atoms with Gasteiger partial charge in [-0.1, -0.05) is 13.2 Å². The van der Waals surface area contributed by atoms with Crippen LogP contribution in [0.3, 0.4) is 0 Å². The van der Waals surface area contributed by atoms with Gasteiger partial charge in [-0.25, -0.2) is 9.59 Å². The molecule has 0 unspecified atom stereocenters. The van der Waals surface area contributed by atoms with E-state index in [1.54, 1.807) is 13.8 Å². The Bertz CT molecular complexity index is 1120. The van der Waals surface area contributed by atoms with E-state index in [1.807, 2.05) is 0 Å². The van der Waals surface area contributed by atoms with E-state index in [-0.39, 0.29) is 11.9 Å². The third-order valence-electron chi connectivity index (χ3n) is 11.6. The third kappa shape index (κ3) is 64.5. The molecule has 0 bridgehead atoms. The number of esters is 2. The second-order valence-corrected chi connectivity index (χ2v) is 19.4. The van der Waals surface area contributed by atoms with E-state index in [1.165, 1.54) is 0 Å². The maximum absolute atomic E-state index is 11.3. The van der Waals surface area contributed by atoms with Gasteiger partial charge in [0.25, 0.3) is 0 Å². The molecular formula is C60H114O16. The SMILES string of the molecule is C=C(C)C(=O)OCCCCOCCCCOCCCCOCCCCOCCCCOCCCCOCCCCOCCCCOCCCCOCCCCOCCCCOCCCCOCCCCOC(=O)C(=C)C. The summed E-state index contributed by atoms with van der Waals surface area (Å²) in [6.45, 7) is 29.9. The zero-order valence-electron chi connectivity index (χ0n) is 48.7. The summed E-state index contributed by atoms with van der Waals surface area (Å²) in [5.74, 6) is -0.649. The molecule has 16 nitrogen and oxygen atoms in total. The van der Waals surface area contributed by atoms with Crippen LogP contribution in [-0.4, -0.2) is 184 Å². The van der Waals surface area contributed by atoms with E-state index in [2.05, 4.69) is 13.2 Å². The molecule has 0 radical (unpaired) electrons. The minimum atomic E-state index is -0.325. The van der Waals surface area contributed by atoms with Crippen molar-refractivity contribution in [2.75, 3.05) is 172 Å². The number of carbonyl (C=O) groups excluding carboxylic acids is 2. The second-order valence-electron chi connectivity index (χ2n) is 19.4. The van der Waals surface area contributed by atoms with Gasteiger partial charge in [0, 0.05) is 170 Å². The topological polar surface area (TPSA) is 163 Å². The van der Waals surface area contributed by atoms with Crippen molar-refractivity contribution < 1.29 is 75.9 Å². The van der Waals surface area contributed by atoms with Crippen LogP contribution < -0.4 is 0 Å². The van der Waals surface area contributed by atoms with Crippen LogP contribution in [0.15, 0.2) is 24.3 Å². The molecule has 76 heavy (non-hydrogen) atoms. The monoisotopic (exact) mass is 1090 g/mol. The van der Waals surface area contributed by atoms with Gasteiger partial charge < -0.3 is 66.3 Å². The summed E-state index contributed by atoms with van der Waals surface area (Å²) in [6, 6.07) is 0. The number of carbonyl (C=O) groups is 2. The molecule has 0 spiro atoms. The van der Waals surface area contributed by atoms with Crippen LogP contribution >= 0.6 is 0 Å². The Morgan fingerprint density at radius 1 is 0.197 bits per heavy atom. The van der Waals surface area contributed by atoms with E-state index >= 15 is 0 Å². The minimum Gasteiger partial charge on any atom is -0.462 e. The molecule has 0 aliphatic heterocycles. The van der Waals surface area contributed by atoms with Crippen molar-refractivity contribution in [3.8, 4) is 0 Å². The van der Waals surface area contributed by atoms with Gasteiger partial charge in [0.1, 0.15) is 0 Å². The summed E-state index contributed by atoms with van der Waals surface area (Å²) in [5, 5.41) is 0. The number of ether oxygens (including phenoxy) is 14. The Morgan fingerprint density at radius 3 is 0.382 bits per heavy atom. The molecule has 0 N–H and O–H groups in total. The molecular weight excluding hydrogens is 977 g/mol. The maximum Gasteiger partial charge on any atom is 0.333 e. The number of hydrogen-bond acceptors (Lipinski definition) is 16. The van der Waals surface area contributed by atoms with Crippen molar-refractivity contribution in [1.82, 2.24) is 0 Å². The summed E-state index contributed by atoms with van der Waals surface area (Å²) in [4.78, 5) is 22.6. The Morgan fingerprint density at radius 2 is 0.289 bits per heavy atom. The summed E-state index contributed by atoms with van der Waals surface area (Å²) in [5.41, 5.74) is 0.868. The van der Waals surface area contributed by atoms with Crippen molar-refractivity contribution in [3.05, 3.63) is 24.3 Å². The van der Waals surface area contributed by atoms with E-state index in [0.29, 0.717) is 37.6 Å². The van der Waals surface area contributed by atoms with Crippen LogP contribution in [0, 0.1) is 0 Å². The molecule has 0 heterocycles. The fourth-order valence-corrected chi connectivity index (χ4v) is 6.90. The van der Waals surface area contributed by atoms with E-state index < -0.39 is 0 Å². The van der Waals surface area contributed by atoms with Gasteiger partial charge in [-0.2, -0.15) is 0 Å². The van der Waals surface area contributed by atoms with Crippen LogP contribution in [-0.2, 0) is 75.9 Å². The van der Waals surface area contributed by atoms with E-state index in [4.69, 9.17) is 66.3 Å². The van der Waals surface area contributed by atoms with Crippen LogP contribution in [0.4, 0.5) is 0 Å². The lowest BCUT2D eigenvalue weighted by Crippen LogP contribution is -2.07. The fourth-order valence-electron chi connectivity index (χ4n) is 6.90. The van der Waals surface area contributed by atoms with Gasteiger partial charge in [-0.05, 0) is 181 Å². The van der Waals surface area contributed by atoms with Crippen molar-refractivity contribution in [3.63, 3.8) is 0 Å². The molecule has 16 heteroatoms. The number of hydrogen-bond donors (Lipinski definition) is 0. The molecule has 0 rings (SSSR count). The minimum absolute atomic E-state index is 0.325. The second kappa shape index (κ2) is 65.5. The fraction of sp³-hybridized carbons (Fsp3) is 0.900. The molecule has 0 amide bonds. The number of unbranched alkanes of at least 4 members (excludes halogenated alkanes) is 13. The van der Waals surface area contributed by atoms with Gasteiger partial charge in [-0.15, -0.1) is 0 Å². The molecule has 0 saturated carbocycles. The first-order valence-electron chi connectivity index (χ1n) is 30.0. The largest absolute Gasteiger partial charge is 0.462 e. The van der Waals surface area contributed by atoms with Crippen molar-refractivity contribution >= 4 is 11.9 Å². The predicted octanol–water partition coefficient (Wildman–Crippen LogP) is 11.6. The van der Waals surface area contributed by atoms with Crippen LogP contribution in [0.1, 0.15) is 181 Å². The summed E-state index contributed by atoms with van der Waals surface area (Å²) in [7, 11) is 0. The quantitative estimate of drug-likeness (QED) is 0.0321. The molecule has 0 aromatic carbocycles. The zero-order valence-corrected chi connectivity index (χ0v) is 48.7. The zero-order chi connectivity index (χ0) is 55.0. The van der Waals surface area contributed by atoms with Gasteiger partial charge in [0.2, 0.25) is 0 Å².